The number of aliphatic hydroxyl groups excluding tert-OH is 1. The van der Waals surface area contributed by atoms with Gasteiger partial charge in [-0.15, -0.1) is 5.10 Å². The van der Waals surface area contributed by atoms with E-state index in [1.807, 2.05) is 24.3 Å². The first-order valence-corrected chi connectivity index (χ1v) is 11.6. The number of carbonyl (C=O) groups is 1. The molecule has 2 aliphatic rings. The molecule has 176 valence electrons. The van der Waals surface area contributed by atoms with Crippen LogP contribution in [0.2, 0.25) is 0 Å². The van der Waals surface area contributed by atoms with Crippen LogP contribution in [-0.4, -0.2) is 70.5 Å². The Morgan fingerprint density at radius 3 is 3.09 bits per heavy atom. The van der Waals surface area contributed by atoms with Crippen molar-refractivity contribution in [3.8, 4) is 17.3 Å². The van der Waals surface area contributed by atoms with Crippen LogP contribution in [0.5, 0.6) is 5.88 Å². The van der Waals surface area contributed by atoms with Crippen LogP contribution in [0.4, 0.5) is 5.69 Å². The van der Waals surface area contributed by atoms with E-state index < -0.39 is 0 Å². The minimum atomic E-state index is -0.108. The van der Waals surface area contributed by atoms with Gasteiger partial charge in [-0.1, -0.05) is 6.07 Å². The molecule has 5 heterocycles. The summed E-state index contributed by atoms with van der Waals surface area (Å²) in [6.07, 6.45) is 3.78. The summed E-state index contributed by atoms with van der Waals surface area (Å²) >= 11 is 0. The molecule has 0 spiro atoms. The Kier molecular flexibility index (Phi) is 5.31. The van der Waals surface area contributed by atoms with Crippen LogP contribution in [0.15, 0.2) is 47.0 Å². The summed E-state index contributed by atoms with van der Waals surface area (Å²) in [5.41, 5.74) is 3.24. The maximum absolute atomic E-state index is 11.6. The van der Waals surface area contributed by atoms with Gasteiger partial charge in [0.2, 0.25) is 11.8 Å². The largest absolute Gasteiger partial charge is 0.474 e. The molecule has 0 saturated carbocycles. The SMILES string of the molecule is O=C1CNC[C@H](COc2ccc3ncc(-c4cc5c(N6CCC[C@@H]6CO)cccc5o4)n3n2)N1. The number of hydrogen-bond acceptors (Lipinski definition) is 8. The number of nitrogens with zero attached hydrogens (tertiary/aromatic N) is 4. The van der Waals surface area contributed by atoms with Crippen LogP contribution in [0.25, 0.3) is 28.1 Å². The molecule has 3 aromatic heterocycles. The standard InChI is InChI=1S/C24H26N6O4/c31-13-16-3-2-8-29(16)18-4-1-5-20-17(18)9-21(34-20)19-11-26-22-6-7-24(28-30(19)22)33-14-15-10-25-12-23(32)27-15/h1,4-7,9,11,15-16,25,31H,2-3,8,10,12-14H2,(H,27,32)/t15-,16-/m1/s1. The number of hydrogen-bond donors (Lipinski definition) is 3. The Hall–Kier alpha value is -3.63. The highest BCUT2D eigenvalue weighted by molar-refractivity contribution is 5.94. The van der Waals surface area contributed by atoms with Crippen molar-refractivity contribution in [2.75, 3.05) is 37.7 Å². The lowest BCUT2D eigenvalue weighted by atomic mass is 10.1. The summed E-state index contributed by atoms with van der Waals surface area (Å²) in [4.78, 5) is 18.3. The summed E-state index contributed by atoms with van der Waals surface area (Å²) in [6, 6.07) is 11.6. The van der Waals surface area contributed by atoms with Gasteiger partial charge in [-0.05, 0) is 37.1 Å². The van der Waals surface area contributed by atoms with Gasteiger partial charge in [0, 0.05) is 30.2 Å². The summed E-state index contributed by atoms with van der Waals surface area (Å²) in [5, 5.41) is 21.4. The highest BCUT2D eigenvalue weighted by Gasteiger charge is 2.26. The van der Waals surface area contributed by atoms with Gasteiger partial charge >= 0.3 is 0 Å². The molecule has 6 rings (SSSR count). The molecule has 0 radical (unpaired) electrons. The quantitative estimate of drug-likeness (QED) is 0.395. The van der Waals surface area contributed by atoms with Crippen molar-refractivity contribution < 1.29 is 19.1 Å². The monoisotopic (exact) mass is 462 g/mol. The smallest absolute Gasteiger partial charge is 0.234 e. The second-order valence-corrected chi connectivity index (χ2v) is 8.76. The van der Waals surface area contributed by atoms with Crippen LogP contribution in [0.1, 0.15) is 12.8 Å². The molecule has 0 aliphatic carbocycles. The second-order valence-electron chi connectivity index (χ2n) is 8.76. The predicted octanol–water partition coefficient (Wildman–Crippen LogP) is 1.57. The van der Waals surface area contributed by atoms with Gasteiger partial charge in [0.05, 0.1) is 31.4 Å². The lowest BCUT2D eigenvalue weighted by molar-refractivity contribution is -0.122. The van der Waals surface area contributed by atoms with Gasteiger partial charge in [-0.2, -0.15) is 0 Å². The van der Waals surface area contributed by atoms with Gasteiger partial charge in [-0.3, -0.25) is 4.79 Å². The maximum Gasteiger partial charge on any atom is 0.234 e. The van der Waals surface area contributed by atoms with Gasteiger partial charge in [0.15, 0.2) is 11.4 Å². The zero-order valence-corrected chi connectivity index (χ0v) is 18.6. The number of nitrogens with one attached hydrogen (secondary N) is 2. The average molecular weight is 463 g/mol. The van der Waals surface area contributed by atoms with E-state index in [9.17, 15) is 9.90 Å². The number of benzene rings is 1. The number of fused-ring (bicyclic) bond motifs is 2. The van der Waals surface area contributed by atoms with Crippen molar-refractivity contribution in [2.24, 2.45) is 0 Å². The molecule has 34 heavy (non-hydrogen) atoms. The third kappa shape index (κ3) is 3.74. The number of aliphatic hydroxyl groups is 1. The van der Waals surface area contributed by atoms with E-state index in [4.69, 9.17) is 9.15 Å². The molecule has 3 N–H and O–H groups in total. The molecule has 2 atom stereocenters. The zero-order chi connectivity index (χ0) is 23.1. The second kappa shape index (κ2) is 8.62. The maximum atomic E-state index is 11.6. The Morgan fingerprint density at radius 2 is 2.21 bits per heavy atom. The van der Waals surface area contributed by atoms with Gasteiger partial charge < -0.3 is 29.8 Å². The molecule has 2 aliphatic heterocycles. The summed E-state index contributed by atoms with van der Waals surface area (Å²) < 4.78 is 13.8. The van der Waals surface area contributed by atoms with E-state index in [0.717, 1.165) is 41.7 Å². The molecule has 0 bridgehead atoms. The highest BCUT2D eigenvalue weighted by Crippen LogP contribution is 2.36. The average Bonchev–Trinajstić information content (AvgIpc) is 3.59. The number of anilines is 1. The minimum absolute atomic E-state index is 0.0383. The number of ether oxygens (including phenoxy) is 1. The van der Waals surface area contributed by atoms with E-state index in [1.54, 1.807) is 16.8 Å². The van der Waals surface area contributed by atoms with Crippen LogP contribution in [0.3, 0.4) is 0 Å². The van der Waals surface area contributed by atoms with E-state index in [-0.39, 0.29) is 24.6 Å². The summed E-state index contributed by atoms with van der Waals surface area (Å²) in [5.74, 6) is 1.05. The molecular formula is C24H26N6O4. The number of carbonyl (C=O) groups excluding carboxylic acids is 1. The van der Waals surface area contributed by atoms with Crippen LogP contribution >= 0.6 is 0 Å². The Morgan fingerprint density at radius 1 is 1.26 bits per heavy atom. The summed E-state index contributed by atoms with van der Waals surface area (Å²) in [6.45, 7) is 2.36. The topological polar surface area (TPSA) is 117 Å². The number of piperazine rings is 1. The lowest BCUT2D eigenvalue weighted by Crippen LogP contribution is -2.54. The molecular weight excluding hydrogens is 436 g/mol. The highest BCUT2D eigenvalue weighted by atomic mass is 16.5. The van der Waals surface area contributed by atoms with Crippen molar-refractivity contribution in [3.05, 3.63) is 42.6 Å². The fourth-order valence-corrected chi connectivity index (χ4v) is 4.84. The first kappa shape index (κ1) is 20.9. The molecule has 0 unspecified atom stereocenters. The predicted molar refractivity (Wildman–Crippen MR) is 126 cm³/mol. The third-order valence-electron chi connectivity index (χ3n) is 6.50. The number of imidazole rings is 1. The van der Waals surface area contributed by atoms with Crippen molar-refractivity contribution in [2.45, 2.75) is 24.9 Å². The normalized spacial score (nSPS) is 20.9. The third-order valence-corrected chi connectivity index (χ3v) is 6.50. The molecule has 10 nitrogen and oxygen atoms in total. The van der Waals surface area contributed by atoms with E-state index in [1.165, 1.54) is 0 Å². The van der Waals surface area contributed by atoms with Crippen molar-refractivity contribution >= 4 is 28.2 Å². The van der Waals surface area contributed by atoms with E-state index in [2.05, 4.69) is 31.7 Å². The first-order chi connectivity index (χ1) is 16.7. The van der Waals surface area contributed by atoms with Gasteiger partial charge in [0.1, 0.15) is 17.9 Å². The van der Waals surface area contributed by atoms with Crippen molar-refractivity contribution in [1.29, 1.82) is 0 Å². The van der Waals surface area contributed by atoms with E-state index >= 15 is 0 Å². The lowest BCUT2D eigenvalue weighted by Gasteiger charge is -2.25. The van der Waals surface area contributed by atoms with Crippen LogP contribution in [0, 0.1) is 0 Å². The molecule has 2 saturated heterocycles. The number of aromatic nitrogens is 3. The van der Waals surface area contributed by atoms with Crippen molar-refractivity contribution in [3.63, 3.8) is 0 Å². The Balaban J connectivity index is 1.31. The molecule has 4 aromatic rings. The number of furan rings is 1. The molecule has 10 heteroatoms. The fourth-order valence-electron chi connectivity index (χ4n) is 4.84. The van der Waals surface area contributed by atoms with Gasteiger partial charge in [-0.25, -0.2) is 9.50 Å². The minimum Gasteiger partial charge on any atom is -0.474 e. The Bertz CT molecular complexity index is 1350. The Labute approximate surface area is 195 Å². The van der Waals surface area contributed by atoms with E-state index in [0.29, 0.717) is 37.0 Å². The van der Waals surface area contributed by atoms with Crippen LogP contribution < -0.4 is 20.3 Å². The number of rotatable bonds is 6. The van der Waals surface area contributed by atoms with Crippen LogP contribution in [-0.2, 0) is 4.79 Å². The molecule has 1 aromatic carbocycles. The summed E-state index contributed by atoms with van der Waals surface area (Å²) in [7, 11) is 0. The molecule has 1 amide bonds. The van der Waals surface area contributed by atoms with Gasteiger partial charge in [0.25, 0.3) is 0 Å². The first-order valence-electron chi connectivity index (χ1n) is 11.6. The van der Waals surface area contributed by atoms with Crippen molar-refractivity contribution in [1.82, 2.24) is 25.2 Å². The molecule has 2 fully saturated rings. The number of amides is 1. The zero-order valence-electron chi connectivity index (χ0n) is 18.6. The fraction of sp³-hybridized carbons (Fsp3) is 0.375.